The van der Waals surface area contributed by atoms with E-state index in [0.717, 1.165) is 11.8 Å². The maximum Gasteiger partial charge on any atom is 0.454 e. The third-order valence-corrected chi connectivity index (χ3v) is 7.09. The molecule has 44 heavy (non-hydrogen) atoms. The summed E-state index contributed by atoms with van der Waals surface area (Å²) in [6.07, 6.45) is -5.87. The molecule has 1 N–H and O–H groups in total. The van der Waals surface area contributed by atoms with Crippen molar-refractivity contribution >= 4 is 29.4 Å². The fraction of sp³-hybridized carbons (Fsp3) is 0.273. The number of ether oxygens (including phenoxy) is 1. The Labute approximate surface area is 253 Å². The molecule has 0 aromatic heterocycles. The summed E-state index contributed by atoms with van der Waals surface area (Å²) in [5.41, 5.74) is -1.97. The number of hydrogen-bond donors (Lipinski definition) is 1. The van der Waals surface area contributed by atoms with Gasteiger partial charge in [-0.1, -0.05) is 105 Å². The van der Waals surface area contributed by atoms with Gasteiger partial charge in [-0.3, -0.25) is 24.2 Å². The van der Waals surface area contributed by atoms with Crippen LogP contribution in [-0.2, 0) is 32.1 Å². The van der Waals surface area contributed by atoms with Crippen molar-refractivity contribution in [2.45, 2.75) is 51.7 Å². The number of carbonyl (C=O) groups excluding carboxylic acids is 4. The van der Waals surface area contributed by atoms with Crippen LogP contribution in [0.2, 0.25) is 0 Å². The lowest BCUT2D eigenvalue weighted by Crippen LogP contribution is -2.73. The Kier molecular flexibility index (Phi) is 9.56. The Bertz CT molecular complexity index is 1530. The largest absolute Gasteiger partial charge is 0.454 e. The summed E-state index contributed by atoms with van der Waals surface area (Å²) < 4.78 is 49.0. The van der Waals surface area contributed by atoms with Crippen molar-refractivity contribution in [3.63, 3.8) is 0 Å². The average molecular weight is 608 g/mol. The van der Waals surface area contributed by atoms with Crippen LogP contribution in [0.5, 0.6) is 0 Å². The molecule has 8 nitrogen and oxygen atoms in total. The van der Waals surface area contributed by atoms with Crippen LogP contribution in [0.3, 0.4) is 0 Å². The van der Waals surface area contributed by atoms with Crippen LogP contribution in [0.4, 0.5) is 18.0 Å². The Morgan fingerprint density at radius 3 is 1.89 bits per heavy atom. The number of rotatable bonds is 9. The smallest absolute Gasteiger partial charge is 0.444 e. The molecule has 1 heterocycles. The van der Waals surface area contributed by atoms with E-state index in [9.17, 15) is 32.3 Å². The first-order chi connectivity index (χ1) is 20.8. The lowest BCUT2D eigenvalue weighted by molar-refractivity contribution is -0.187. The van der Waals surface area contributed by atoms with E-state index in [1.54, 1.807) is 80.6 Å². The van der Waals surface area contributed by atoms with Crippen LogP contribution >= 0.6 is 0 Å². The van der Waals surface area contributed by atoms with E-state index in [-0.39, 0.29) is 23.4 Å². The van der Waals surface area contributed by atoms with Crippen molar-refractivity contribution in [3.05, 3.63) is 114 Å². The summed E-state index contributed by atoms with van der Waals surface area (Å²) in [6.45, 7) is 4.07. The topological polar surface area (TPSA) is 96.0 Å². The predicted octanol–water partition coefficient (Wildman–Crippen LogP) is 5.70. The van der Waals surface area contributed by atoms with Crippen LogP contribution in [0.15, 0.2) is 97.2 Å². The lowest BCUT2D eigenvalue weighted by Gasteiger charge is -2.49. The minimum atomic E-state index is -5.46. The minimum absolute atomic E-state index is 0.121. The number of hydrogen-bond acceptors (Lipinski definition) is 5. The molecule has 1 aliphatic rings. The molecular weight excluding hydrogens is 575 g/mol. The molecule has 2 atom stereocenters. The van der Waals surface area contributed by atoms with Crippen LogP contribution in [0.25, 0.3) is 5.70 Å². The zero-order valence-corrected chi connectivity index (χ0v) is 24.4. The van der Waals surface area contributed by atoms with Gasteiger partial charge in [-0.25, -0.2) is 4.79 Å². The first-order valence-electron chi connectivity index (χ1n) is 13.9. The van der Waals surface area contributed by atoms with Crippen LogP contribution in [0.1, 0.15) is 37.5 Å². The normalized spacial score (nSPS) is 16.7. The number of halogens is 3. The van der Waals surface area contributed by atoms with Crippen LogP contribution in [-0.4, -0.2) is 51.4 Å². The first-order valence-corrected chi connectivity index (χ1v) is 13.9. The Balaban J connectivity index is 1.96. The number of alkyl halides is 3. The molecule has 3 aromatic rings. The monoisotopic (exact) mass is 607 g/mol. The summed E-state index contributed by atoms with van der Waals surface area (Å²) in [5.74, 6) is -4.96. The number of carbonyl (C=O) groups is 4. The van der Waals surface area contributed by atoms with Crippen molar-refractivity contribution in [2.24, 2.45) is 5.92 Å². The van der Waals surface area contributed by atoms with Crippen molar-refractivity contribution in [3.8, 4) is 0 Å². The second-order valence-corrected chi connectivity index (χ2v) is 10.7. The molecule has 0 bridgehead atoms. The van der Waals surface area contributed by atoms with Gasteiger partial charge >= 0.3 is 12.3 Å². The standard InChI is InChI=1S/C33H32F3N3O5/c1-22(2)28-29(41)39(32(37-23(3)40,30(42)33(34,35)36)19-24-13-7-4-8-14-24)27(26-17-11-6-12-18-26)20-38(28)31(43)44-21-25-15-9-5-10-16-25/h4-18,20,22,28H,19,21H2,1-3H3,(H,37,40). The molecule has 3 aromatic carbocycles. The van der Waals surface area contributed by atoms with Gasteiger partial charge in [0.2, 0.25) is 5.91 Å². The maximum atomic E-state index is 14.6. The second-order valence-electron chi connectivity index (χ2n) is 10.7. The summed E-state index contributed by atoms with van der Waals surface area (Å²) in [5, 5.41) is 2.22. The van der Waals surface area contributed by atoms with Crippen LogP contribution < -0.4 is 5.32 Å². The fourth-order valence-corrected chi connectivity index (χ4v) is 5.25. The van der Waals surface area contributed by atoms with E-state index >= 15 is 0 Å². The highest BCUT2D eigenvalue weighted by Gasteiger charge is 2.61. The molecule has 0 spiro atoms. The van der Waals surface area contributed by atoms with Crippen molar-refractivity contribution < 1.29 is 37.1 Å². The Hall–Kier alpha value is -4.93. The Morgan fingerprint density at radius 1 is 0.864 bits per heavy atom. The van der Waals surface area contributed by atoms with Crippen molar-refractivity contribution in [1.82, 2.24) is 15.1 Å². The fourth-order valence-electron chi connectivity index (χ4n) is 5.25. The van der Waals surface area contributed by atoms with Gasteiger partial charge in [0.15, 0.2) is 5.66 Å². The first kappa shape index (κ1) is 32.0. The van der Waals surface area contributed by atoms with E-state index in [1.807, 2.05) is 0 Å². The summed E-state index contributed by atoms with van der Waals surface area (Å²) >= 11 is 0. The van der Waals surface area contributed by atoms with E-state index in [4.69, 9.17) is 4.74 Å². The molecule has 11 heteroatoms. The number of ketones is 1. The van der Waals surface area contributed by atoms with Gasteiger partial charge < -0.3 is 10.1 Å². The van der Waals surface area contributed by atoms with Gasteiger partial charge in [0.25, 0.3) is 11.7 Å². The third kappa shape index (κ3) is 6.82. The lowest BCUT2D eigenvalue weighted by atomic mass is 9.87. The summed E-state index contributed by atoms with van der Waals surface area (Å²) in [7, 11) is 0. The van der Waals surface area contributed by atoms with Gasteiger partial charge in [0.1, 0.15) is 12.6 Å². The zero-order chi connectivity index (χ0) is 32.1. The maximum absolute atomic E-state index is 14.6. The zero-order valence-electron chi connectivity index (χ0n) is 24.4. The molecule has 0 saturated carbocycles. The van der Waals surface area contributed by atoms with Crippen molar-refractivity contribution in [1.29, 1.82) is 0 Å². The van der Waals surface area contributed by atoms with E-state index in [0.29, 0.717) is 10.5 Å². The van der Waals surface area contributed by atoms with E-state index in [2.05, 4.69) is 5.32 Å². The molecule has 230 valence electrons. The third-order valence-electron chi connectivity index (χ3n) is 7.09. The highest BCUT2D eigenvalue weighted by atomic mass is 19.4. The molecule has 4 rings (SSSR count). The molecule has 2 unspecified atom stereocenters. The molecule has 1 aliphatic heterocycles. The number of Topliss-reactive ketones (excluding diaryl/α,β-unsaturated/α-hetero) is 1. The van der Waals surface area contributed by atoms with Gasteiger partial charge in [0, 0.05) is 19.5 Å². The molecular formula is C33H32F3N3O5. The van der Waals surface area contributed by atoms with E-state index < -0.39 is 53.9 Å². The number of amides is 3. The molecule has 0 radical (unpaired) electrons. The second kappa shape index (κ2) is 13.2. The summed E-state index contributed by atoms with van der Waals surface area (Å²) in [4.78, 5) is 55.9. The van der Waals surface area contributed by atoms with Gasteiger partial charge in [-0.2, -0.15) is 13.2 Å². The highest BCUT2D eigenvalue weighted by molar-refractivity contribution is 6.05. The van der Waals surface area contributed by atoms with Crippen LogP contribution in [0, 0.1) is 5.92 Å². The van der Waals surface area contributed by atoms with Crippen molar-refractivity contribution in [2.75, 3.05) is 0 Å². The quantitative estimate of drug-likeness (QED) is 0.337. The highest BCUT2D eigenvalue weighted by Crippen LogP contribution is 2.40. The van der Waals surface area contributed by atoms with Gasteiger partial charge in [-0.05, 0) is 22.6 Å². The number of nitrogens with one attached hydrogen (secondary N) is 1. The molecule has 0 aliphatic carbocycles. The SMILES string of the molecule is CC(=O)NC(Cc1ccccc1)(C(=O)C(F)(F)F)N1C(=O)C(C(C)C)N(C(=O)OCc2ccccc2)C=C1c1ccccc1. The molecule has 3 amide bonds. The minimum Gasteiger partial charge on any atom is -0.444 e. The molecule has 0 fully saturated rings. The number of benzene rings is 3. The van der Waals surface area contributed by atoms with Gasteiger partial charge in [0.05, 0.1) is 5.70 Å². The molecule has 0 saturated heterocycles. The van der Waals surface area contributed by atoms with E-state index in [1.165, 1.54) is 30.5 Å². The predicted molar refractivity (Wildman–Crippen MR) is 156 cm³/mol. The summed E-state index contributed by atoms with van der Waals surface area (Å²) in [6, 6.07) is 23.1. The van der Waals surface area contributed by atoms with Gasteiger partial charge in [-0.15, -0.1) is 0 Å². The Morgan fingerprint density at radius 2 is 1.39 bits per heavy atom. The number of nitrogens with zero attached hydrogens (tertiary/aromatic N) is 2. The average Bonchev–Trinajstić information content (AvgIpc) is 2.99.